The van der Waals surface area contributed by atoms with E-state index in [1.54, 1.807) is 6.92 Å². The lowest BCUT2D eigenvalue weighted by Gasteiger charge is -2.12. The van der Waals surface area contributed by atoms with Crippen molar-refractivity contribution >= 4 is 27.5 Å². The summed E-state index contributed by atoms with van der Waals surface area (Å²) in [6.07, 6.45) is 2.11. The average molecular weight is 321 g/mol. The minimum atomic E-state index is -0.186. The molecule has 22 heavy (non-hydrogen) atoms. The van der Waals surface area contributed by atoms with Gasteiger partial charge in [0.15, 0.2) is 0 Å². The summed E-state index contributed by atoms with van der Waals surface area (Å²) < 4.78 is 6.90. The summed E-state index contributed by atoms with van der Waals surface area (Å²) in [6.45, 7) is 4.95. The summed E-state index contributed by atoms with van der Waals surface area (Å²) in [6, 6.07) is 1.83. The van der Waals surface area contributed by atoms with Crippen LogP contribution in [0.5, 0.6) is 0 Å². The molecule has 6 nitrogen and oxygen atoms in total. The molecule has 3 heterocycles. The Labute approximate surface area is 132 Å². The van der Waals surface area contributed by atoms with Crippen molar-refractivity contribution in [1.29, 1.82) is 0 Å². The van der Waals surface area contributed by atoms with Gasteiger partial charge in [-0.25, -0.2) is 4.98 Å². The second kappa shape index (κ2) is 6.18. The molecule has 1 unspecified atom stereocenters. The summed E-state index contributed by atoms with van der Waals surface area (Å²) in [5, 5.41) is 3.42. The maximum Gasteiger partial charge on any atom is 0.262 e. The zero-order valence-electron chi connectivity index (χ0n) is 12.7. The first-order valence-electron chi connectivity index (χ1n) is 7.40. The minimum absolute atomic E-state index is 0.00474. The van der Waals surface area contributed by atoms with Gasteiger partial charge in [0.2, 0.25) is 5.91 Å². The van der Waals surface area contributed by atoms with Crippen LogP contribution in [0.25, 0.3) is 10.2 Å². The van der Waals surface area contributed by atoms with Gasteiger partial charge in [0.1, 0.15) is 17.2 Å². The van der Waals surface area contributed by atoms with Gasteiger partial charge in [0.25, 0.3) is 5.56 Å². The van der Waals surface area contributed by atoms with Crippen molar-refractivity contribution in [3.63, 3.8) is 0 Å². The molecule has 118 valence electrons. The molecule has 0 saturated carbocycles. The fourth-order valence-corrected chi connectivity index (χ4v) is 3.57. The van der Waals surface area contributed by atoms with Crippen molar-refractivity contribution in [3.8, 4) is 0 Å². The molecular formula is C15H19N3O3S. The van der Waals surface area contributed by atoms with E-state index in [9.17, 15) is 9.59 Å². The molecule has 1 saturated heterocycles. The van der Waals surface area contributed by atoms with Crippen LogP contribution in [0.1, 0.15) is 23.5 Å². The Kier molecular flexibility index (Phi) is 4.26. The van der Waals surface area contributed by atoms with Crippen molar-refractivity contribution in [2.75, 3.05) is 13.2 Å². The Balaban J connectivity index is 1.75. The highest BCUT2D eigenvalue weighted by Gasteiger charge is 2.17. The number of aryl methyl sites for hydroxylation is 2. The minimum Gasteiger partial charge on any atom is -0.376 e. The Morgan fingerprint density at radius 3 is 3.09 bits per heavy atom. The highest BCUT2D eigenvalue weighted by atomic mass is 32.1. The molecule has 0 aliphatic carbocycles. The number of aromatic nitrogens is 2. The van der Waals surface area contributed by atoms with Crippen LogP contribution in [0, 0.1) is 13.8 Å². The number of carbonyl (C=O) groups excluding carboxylic acids is 1. The monoisotopic (exact) mass is 321 g/mol. The number of fused-ring (bicyclic) bond motifs is 1. The lowest BCUT2D eigenvalue weighted by molar-refractivity contribution is -0.122. The summed E-state index contributed by atoms with van der Waals surface area (Å²) >= 11 is 1.49. The number of hydrogen-bond donors (Lipinski definition) is 1. The standard InChI is InChI=1S/C15H19N3O3S/c1-9-6-12-14(22-9)17-10(2)18(15(12)20)8-13(19)16-7-11-4-3-5-21-11/h6,11H,3-5,7-8H2,1-2H3,(H,16,19). The van der Waals surface area contributed by atoms with Gasteiger partial charge in [0, 0.05) is 18.0 Å². The quantitative estimate of drug-likeness (QED) is 0.923. The van der Waals surface area contributed by atoms with E-state index in [1.165, 1.54) is 15.9 Å². The predicted molar refractivity (Wildman–Crippen MR) is 85.3 cm³/mol. The molecule has 2 aromatic rings. The van der Waals surface area contributed by atoms with Crippen molar-refractivity contribution in [2.45, 2.75) is 39.3 Å². The molecule has 1 atom stereocenters. The fraction of sp³-hybridized carbons (Fsp3) is 0.533. The molecule has 1 aliphatic rings. The van der Waals surface area contributed by atoms with E-state index in [0.717, 1.165) is 29.2 Å². The van der Waals surface area contributed by atoms with E-state index in [1.807, 2.05) is 13.0 Å². The van der Waals surface area contributed by atoms with Crippen LogP contribution in [0.3, 0.4) is 0 Å². The molecule has 0 bridgehead atoms. The summed E-state index contributed by atoms with van der Waals surface area (Å²) in [7, 11) is 0. The molecule has 0 radical (unpaired) electrons. The Hall–Kier alpha value is -1.73. The zero-order valence-corrected chi connectivity index (χ0v) is 13.5. The Morgan fingerprint density at radius 1 is 1.55 bits per heavy atom. The lowest BCUT2D eigenvalue weighted by Crippen LogP contribution is -2.37. The molecule has 1 aliphatic heterocycles. The highest BCUT2D eigenvalue weighted by molar-refractivity contribution is 7.18. The molecule has 1 amide bonds. The maximum absolute atomic E-state index is 12.5. The predicted octanol–water partition coefficient (Wildman–Crippen LogP) is 1.37. The molecule has 1 fully saturated rings. The third kappa shape index (κ3) is 3.05. The van der Waals surface area contributed by atoms with E-state index >= 15 is 0 Å². The third-order valence-corrected chi connectivity index (χ3v) is 4.76. The smallest absolute Gasteiger partial charge is 0.262 e. The van der Waals surface area contributed by atoms with Crippen LogP contribution in [0.15, 0.2) is 10.9 Å². The fourth-order valence-electron chi connectivity index (χ4n) is 2.66. The van der Waals surface area contributed by atoms with E-state index in [-0.39, 0.29) is 24.1 Å². The molecule has 3 rings (SSSR count). The summed E-state index contributed by atoms with van der Waals surface area (Å²) in [4.78, 5) is 30.7. The van der Waals surface area contributed by atoms with Crippen LogP contribution in [-0.4, -0.2) is 34.7 Å². The lowest BCUT2D eigenvalue weighted by atomic mass is 10.2. The molecule has 2 aromatic heterocycles. The number of amides is 1. The number of rotatable bonds is 4. The van der Waals surface area contributed by atoms with E-state index < -0.39 is 0 Å². The second-order valence-corrected chi connectivity index (χ2v) is 6.80. The van der Waals surface area contributed by atoms with Crippen molar-refractivity contribution in [2.24, 2.45) is 0 Å². The third-order valence-electron chi connectivity index (χ3n) is 3.82. The number of hydrogen-bond acceptors (Lipinski definition) is 5. The van der Waals surface area contributed by atoms with Gasteiger partial charge >= 0.3 is 0 Å². The molecule has 0 spiro atoms. The number of ether oxygens (including phenoxy) is 1. The molecule has 0 aromatic carbocycles. The number of thiophene rings is 1. The van der Waals surface area contributed by atoms with Crippen molar-refractivity contribution in [3.05, 3.63) is 27.1 Å². The van der Waals surface area contributed by atoms with Gasteiger partial charge in [-0.3, -0.25) is 14.2 Å². The molecular weight excluding hydrogens is 302 g/mol. The maximum atomic E-state index is 12.5. The normalized spacial score (nSPS) is 18.0. The largest absolute Gasteiger partial charge is 0.376 e. The van der Waals surface area contributed by atoms with Crippen LogP contribution in [0.2, 0.25) is 0 Å². The number of carbonyl (C=O) groups is 1. The van der Waals surface area contributed by atoms with Gasteiger partial charge in [-0.15, -0.1) is 11.3 Å². The SMILES string of the molecule is Cc1cc2c(=O)n(CC(=O)NCC3CCCO3)c(C)nc2s1. The van der Waals surface area contributed by atoms with Crippen molar-refractivity contribution in [1.82, 2.24) is 14.9 Å². The van der Waals surface area contributed by atoms with Crippen LogP contribution >= 0.6 is 11.3 Å². The Bertz CT molecular complexity index is 759. The number of nitrogens with zero attached hydrogens (tertiary/aromatic N) is 2. The summed E-state index contributed by atoms with van der Waals surface area (Å²) in [5.41, 5.74) is -0.154. The number of nitrogens with one attached hydrogen (secondary N) is 1. The van der Waals surface area contributed by atoms with Crippen molar-refractivity contribution < 1.29 is 9.53 Å². The topological polar surface area (TPSA) is 73.2 Å². The average Bonchev–Trinajstić information content (AvgIpc) is 3.10. The van der Waals surface area contributed by atoms with Crippen LogP contribution < -0.4 is 10.9 Å². The van der Waals surface area contributed by atoms with Crippen LogP contribution in [-0.2, 0) is 16.1 Å². The first-order chi connectivity index (χ1) is 10.5. The second-order valence-electron chi connectivity index (χ2n) is 5.57. The van der Waals surface area contributed by atoms with E-state index in [0.29, 0.717) is 17.8 Å². The Morgan fingerprint density at radius 2 is 2.36 bits per heavy atom. The zero-order chi connectivity index (χ0) is 15.7. The van der Waals surface area contributed by atoms with Gasteiger partial charge in [-0.05, 0) is 32.8 Å². The molecule has 7 heteroatoms. The van der Waals surface area contributed by atoms with E-state index in [4.69, 9.17) is 4.74 Å². The molecule has 1 N–H and O–H groups in total. The van der Waals surface area contributed by atoms with Gasteiger partial charge < -0.3 is 10.1 Å². The van der Waals surface area contributed by atoms with Gasteiger partial charge in [-0.2, -0.15) is 0 Å². The highest BCUT2D eigenvalue weighted by Crippen LogP contribution is 2.20. The van der Waals surface area contributed by atoms with E-state index in [2.05, 4.69) is 10.3 Å². The summed E-state index contributed by atoms with van der Waals surface area (Å²) in [5.74, 6) is 0.375. The van der Waals surface area contributed by atoms with Gasteiger partial charge in [-0.1, -0.05) is 0 Å². The first kappa shape index (κ1) is 15.2. The van der Waals surface area contributed by atoms with Crippen LogP contribution in [0.4, 0.5) is 0 Å². The van der Waals surface area contributed by atoms with Gasteiger partial charge in [0.05, 0.1) is 11.5 Å². The first-order valence-corrected chi connectivity index (χ1v) is 8.22.